The van der Waals surface area contributed by atoms with Crippen LogP contribution in [0.2, 0.25) is 0 Å². The van der Waals surface area contributed by atoms with Crippen LogP contribution in [-0.2, 0) is 11.3 Å². The summed E-state index contributed by atoms with van der Waals surface area (Å²) in [6.07, 6.45) is 0.741. The second-order valence-electron chi connectivity index (χ2n) is 5.51. The molecule has 0 radical (unpaired) electrons. The molecule has 0 saturated heterocycles. The van der Waals surface area contributed by atoms with Crippen molar-refractivity contribution in [2.75, 3.05) is 0 Å². The summed E-state index contributed by atoms with van der Waals surface area (Å²) in [6.45, 7) is 5.10. The van der Waals surface area contributed by atoms with Gasteiger partial charge in [0.05, 0.1) is 11.0 Å². The molecule has 7 nitrogen and oxygen atoms in total. The summed E-state index contributed by atoms with van der Waals surface area (Å²) in [7, 11) is 0. The van der Waals surface area contributed by atoms with E-state index in [0.717, 1.165) is 16.5 Å². The van der Waals surface area contributed by atoms with Crippen LogP contribution in [0.15, 0.2) is 28.7 Å². The van der Waals surface area contributed by atoms with Gasteiger partial charge in [0.25, 0.3) is 0 Å². The highest BCUT2D eigenvalue weighted by Gasteiger charge is 2.23. The fraction of sp³-hybridized carbons (Fsp3) is 0.375. The first-order chi connectivity index (χ1) is 11.3. The molecule has 1 N–H and O–H groups in total. The second-order valence-corrected chi connectivity index (χ2v) is 6.43. The first-order valence-corrected chi connectivity index (χ1v) is 8.36. The van der Waals surface area contributed by atoms with E-state index >= 15 is 0 Å². The Morgan fingerprint density at radius 3 is 2.50 bits per heavy atom. The highest BCUT2D eigenvalue weighted by atomic mass is 79.9. The quantitative estimate of drug-likeness (QED) is 0.599. The molecular weight excluding hydrogens is 376 g/mol. The van der Waals surface area contributed by atoms with Crippen LogP contribution in [0.5, 0.6) is 0 Å². The average Bonchev–Trinajstić information content (AvgIpc) is 2.80. The molecule has 1 heterocycles. The van der Waals surface area contributed by atoms with Gasteiger partial charge in [-0.15, -0.1) is 0 Å². The van der Waals surface area contributed by atoms with Crippen molar-refractivity contribution >= 4 is 27.5 Å². The van der Waals surface area contributed by atoms with Gasteiger partial charge in [-0.1, -0.05) is 35.0 Å². The van der Waals surface area contributed by atoms with E-state index in [1.165, 1.54) is 4.68 Å². The summed E-state index contributed by atoms with van der Waals surface area (Å²) in [4.78, 5) is 22.9. The highest BCUT2D eigenvalue weighted by molar-refractivity contribution is 9.10. The van der Waals surface area contributed by atoms with Crippen molar-refractivity contribution in [1.29, 1.82) is 0 Å². The molecule has 8 heteroatoms. The van der Waals surface area contributed by atoms with Gasteiger partial charge in [-0.3, -0.25) is 19.6 Å². The van der Waals surface area contributed by atoms with Crippen molar-refractivity contribution in [2.24, 2.45) is 0 Å². The molecular formula is C16H19BrN4O3. The van der Waals surface area contributed by atoms with Gasteiger partial charge in [0.15, 0.2) is 0 Å². The number of halogens is 1. The Morgan fingerprint density at radius 2 is 2.00 bits per heavy atom. The minimum atomic E-state index is -0.469. The first kappa shape index (κ1) is 18.1. The monoisotopic (exact) mass is 394 g/mol. The Morgan fingerprint density at radius 1 is 1.38 bits per heavy atom. The summed E-state index contributed by atoms with van der Waals surface area (Å²) in [6, 6.07) is 7.64. The summed E-state index contributed by atoms with van der Waals surface area (Å²) >= 11 is 3.39. The molecule has 2 rings (SSSR count). The van der Waals surface area contributed by atoms with E-state index in [2.05, 4.69) is 26.3 Å². The fourth-order valence-corrected chi connectivity index (χ4v) is 2.86. The lowest BCUT2D eigenvalue weighted by molar-refractivity contribution is -0.386. The third-order valence-electron chi connectivity index (χ3n) is 3.84. The third-order valence-corrected chi connectivity index (χ3v) is 4.36. The molecule has 0 saturated carbocycles. The minimum absolute atomic E-state index is 0.0391. The predicted molar refractivity (Wildman–Crippen MR) is 93.7 cm³/mol. The van der Waals surface area contributed by atoms with Crippen LogP contribution >= 0.6 is 15.9 Å². The van der Waals surface area contributed by atoms with Crippen LogP contribution in [0.4, 0.5) is 5.69 Å². The van der Waals surface area contributed by atoms with Crippen LogP contribution in [-0.4, -0.2) is 20.6 Å². The number of hydrogen-bond donors (Lipinski definition) is 1. The molecule has 0 aliphatic carbocycles. The van der Waals surface area contributed by atoms with Gasteiger partial charge in [-0.25, -0.2) is 0 Å². The number of rotatable bonds is 6. The Kier molecular flexibility index (Phi) is 5.71. The van der Waals surface area contributed by atoms with E-state index < -0.39 is 4.92 Å². The number of benzene rings is 1. The molecule has 128 valence electrons. The number of nitrogens with zero attached hydrogens (tertiary/aromatic N) is 3. The van der Waals surface area contributed by atoms with E-state index in [4.69, 9.17) is 0 Å². The zero-order valence-electron chi connectivity index (χ0n) is 13.7. The van der Waals surface area contributed by atoms with E-state index in [9.17, 15) is 14.9 Å². The zero-order chi connectivity index (χ0) is 17.9. The summed E-state index contributed by atoms with van der Waals surface area (Å²) in [5, 5.41) is 18.1. The number of aromatic nitrogens is 2. The number of nitrogens with one attached hydrogen (secondary N) is 1. The van der Waals surface area contributed by atoms with Gasteiger partial charge in [0, 0.05) is 4.47 Å². The normalized spacial score (nSPS) is 12.0. The first-order valence-electron chi connectivity index (χ1n) is 7.56. The molecule has 24 heavy (non-hydrogen) atoms. The lowest BCUT2D eigenvalue weighted by Gasteiger charge is -2.17. The molecule has 0 unspecified atom stereocenters. The van der Waals surface area contributed by atoms with Crippen molar-refractivity contribution < 1.29 is 9.72 Å². The van der Waals surface area contributed by atoms with E-state index in [1.807, 2.05) is 31.2 Å². The van der Waals surface area contributed by atoms with Crippen molar-refractivity contribution in [3.05, 3.63) is 55.8 Å². The van der Waals surface area contributed by atoms with Gasteiger partial charge >= 0.3 is 5.69 Å². The van der Waals surface area contributed by atoms with Crippen LogP contribution in [0, 0.1) is 24.0 Å². The molecule has 1 aromatic carbocycles. The largest absolute Gasteiger partial charge is 0.348 e. The smallest absolute Gasteiger partial charge is 0.312 e. The number of carbonyl (C=O) groups is 1. The standard InChI is InChI=1S/C16H19BrN4O3/c1-4-14(12-5-7-13(17)8-6-12)18-15(22)9-20-11(3)16(21(23)24)10(2)19-20/h5-8,14H,4,9H2,1-3H3,(H,18,22)/t14-/m0/s1. The van der Waals surface area contributed by atoms with Crippen LogP contribution in [0.25, 0.3) is 0 Å². The van der Waals surface area contributed by atoms with Crippen molar-refractivity contribution in [3.63, 3.8) is 0 Å². The maximum atomic E-state index is 12.3. The SMILES string of the molecule is CC[C@H](NC(=O)Cn1nc(C)c([N+](=O)[O-])c1C)c1ccc(Br)cc1. The Hall–Kier alpha value is -2.22. The van der Waals surface area contributed by atoms with Gasteiger partial charge in [-0.2, -0.15) is 5.10 Å². The van der Waals surface area contributed by atoms with Crippen molar-refractivity contribution in [2.45, 2.75) is 39.8 Å². The maximum Gasteiger partial charge on any atom is 0.312 e. The molecule has 0 spiro atoms. The minimum Gasteiger partial charge on any atom is -0.348 e. The Labute approximate surface area is 148 Å². The van der Waals surface area contributed by atoms with Gasteiger partial charge < -0.3 is 5.32 Å². The van der Waals surface area contributed by atoms with Crippen LogP contribution in [0.1, 0.15) is 36.3 Å². The molecule has 1 amide bonds. The number of aryl methyl sites for hydroxylation is 1. The van der Waals surface area contributed by atoms with Crippen molar-refractivity contribution in [1.82, 2.24) is 15.1 Å². The molecule has 0 fully saturated rings. The molecule has 1 aromatic heterocycles. The van der Waals surface area contributed by atoms with Gasteiger partial charge in [0.2, 0.25) is 5.91 Å². The van der Waals surface area contributed by atoms with Gasteiger partial charge in [0.1, 0.15) is 17.9 Å². The highest BCUT2D eigenvalue weighted by Crippen LogP contribution is 2.22. The van der Waals surface area contributed by atoms with Crippen LogP contribution < -0.4 is 5.32 Å². The molecule has 0 aliphatic rings. The summed E-state index contributed by atoms with van der Waals surface area (Å²) in [5.74, 6) is -0.231. The lowest BCUT2D eigenvalue weighted by atomic mass is 10.0. The number of hydrogen-bond acceptors (Lipinski definition) is 4. The lowest BCUT2D eigenvalue weighted by Crippen LogP contribution is -2.31. The summed E-state index contributed by atoms with van der Waals surface area (Å²) < 4.78 is 2.35. The number of amides is 1. The van der Waals surface area contributed by atoms with Gasteiger partial charge in [-0.05, 0) is 38.0 Å². The molecule has 2 aromatic rings. The van der Waals surface area contributed by atoms with E-state index in [-0.39, 0.29) is 24.2 Å². The summed E-state index contributed by atoms with van der Waals surface area (Å²) in [5.41, 5.74) is 1.66. The Balaban J connectivity index is 2.11. The van der Waals surface area contributed by atoms with Crippen LogP contribution in [0.3, 0.4) is 0 Å². The topological polar surface area (TPSA) is 90.1 Å². The number of carbonyl (C=O) groups excluding carboxylic acids is 1. The maximum absolute atomic E-state index is 12.3. The third kappa shape index (κ3) is 4.00. The molecule has 1 atom stereocenters. The second kappa shape index (κ2) is 7.57. The van der Waals surface area contributed by atoms with E-state index in [0.29, 0.717) is 11.4 Å². The Bertz CT molecular complexity index is 755. The van der Waals surface area contributed by atoms with E-state index in [1.54, 1.807) is 13.8 Å². The molecule has 0 aliphatic heterocycles. The average molecular weight is 395 g/mol. The molecule has 0 bridgehead atoms. The predicted octanol–water partition coefficient (Wildman–Crippen LogP) is 3.44. The van der Waals surface area contributed by atoms with Crippen molar-refractivity contribution in [3.8, 4) is 0 Å². The fourth-order valence-electron chi connectivity index (χ4n) is 2.60. The zero-order valence-corrected chi connectivity index (χ0v) is 15.3. The number of nitro groups is 1.